The Bertz CT molecular complexity index is 776. The molecule has 0 fully saturated rings. The summed E-state index contributed by atoms with van der Waals surface area (Å²) in [6.07, 6.45) is 3.45. The molecular weight excluding hydrogens is 343 g/mol. The molecule has 2 aromatic carbocycles. The predicted molar refractivity (Wildman–Crippen MR) is 95.7 cm³/mol. The van der Waals surface area contributed by atoms with Crippen LogP contribution in [0.3, 0.4) is 0 Å². The average Bonchev–Trinajstić information content (AvgIpc) is 2.61. The van der Waals surface area contributed by atoms with E-state index in [4.69, 9.17) is 0 Å². The maximum Gasteiger partial charge on any atom is 0.243 e. The van der Waals surface area contributed by atoms with Gasteiger partial charge in [0.2, 0.25) is 5.91 Å². The SMILES string of the molecule is CC(=O)N(O)C(C)/C=C/c1ccc(S(=O)Nc2ccc(F)cc2)cc1. The first-order chi connectivity index (χ1) is 11.9. The van der Waals surface area contributed by atoms with Gasteiger partial charge in [0.05, 0.1) is 10.9 Å². The normalized spacial score (nSPS) is 13.4. The van der Waals surface area contributed by atoms with Crippen LogP contribution in [-0.2, 0) is 15.8 Å². The van der Waals surface area contributed by atoms with Crippen LogP contribution in [0.1, 0.15) is 19.4 Å². The van der Waals surface area contributed by atoms with Crippen LogP contribution in [0.15, 0.2) is 59.5 Å². The number of halogens is 1. The number of amides is 1. The number of hydroxylamine groups is 2. The van der Waals surface area contributed by atoms with Crippen LogP contribution < -0.4 is 4.72 Å². The van der Waals surface area contributed by atoms with E-state index in [0.29, 0.717) is 15.6 Å². The van der Waals surface area contributed by atoms with Crippen LogP contribution in [0, 0.1) is 5.82 Å². The summed E-state index contributed by atoms with van der Waals surface area (Å²) in [4.78, 5) is 11.6. The first kappa shape index (κ1) is 18.8. The molecule has 0 aromatic heterocycles. The molecule has 0 saturated heterocycles. The lowest BCUT2D eigenvalue weighted by atomic mass is 10.2. The van der Waals surface area contributed by atoms with E-state index in [1.165, 1.54) is 31.2 Å². The molecule has 2 rings (SSSR count). The van der Waals surface area contributed by atoms with Gasteiger partial charge in [0, 0.05) is 12.6 Å². The highest BCUT2D eigenvalue weighted by molar-refractivity contribution is 7.86. The van der Waals surface area contributed by atoms with Crippen LogP contribution in [-0.4, -0.2) is 26.4 Å². The maximum atomic E-state index is 12.9. The van der Waals surface area contributed by atoms with Gasteiger partial charge in [-0.2, -0.15) is 0 Å². The van der Waals surface area contributed by atoms with Crippen LogP contribution in [0.2, 0.25) is 0 Å². The molecule has 0 spiro atoms. The molecule has 132 valence electrons. The summed E-state index contributed by atoms with van der Waals surface area (Å²) in [6, 6.07) is 12.1. The molecule has 25 heavy (non-hydrogen) atoms. The maximum absolute atomic E-state index is 12.9. The minimum Gasteiger partial charge on any atom is -0.301 e. The number of nitrogens with zero attached hydrogens (tertiary/aromatic N) is 1. The number of rotatable bonds is 6. The number of anilines is 1. The van der Waals surface area contributed by atoms with Crippen LogP contribution in [0.5, 0.6) is 0 Å². The van der Waals surface area contributed by atoms with Gasteiger partial charge in [-0.15, -0.1) is 0 Å². The predicted octanol–water partition coefficient (Wildman–Crippen LogP) is 3.60. The van der Waals surface area contributed by atoms with E-state index in [-0.39, 0.29) is 5.82 Å². The summed E-state index contributed by atoms with van der Waals surface area (Å²) in [5.41, 5.74) is 1.40. The van der Waals surface area contributed by atoms with E-state index >= 15 is 0 Å². The number of hydrogen-bond acceptors (Lipinski definition) is 3. The summed E-state index contributed by atoms with van der Waals surface area (Å²) < 4.78 is 27.9. The van der Waals surface area contributed by atoms with Crippen LogP contribution >= 0.6 is 0 Å². The third-order valence-corrected chi connectivity index (χ3v) is 4.55. The Hall–Kier alpha value is -2.51. The highest BCUT2D eigenvalue weighted by atomic mass is 32.2. The molecule has 5 nitrogen and oxygen atoms in total. The number of hydrogen-bond donors (Lipinski definition) is 2. The molecule has 1 amide bonds. The van der Waals surface area contributed by atoms with Crippen molar-refractivity contribution in [3.8, 4) is 0 Å². The highest BCUT2D eigenvalue weighted by Crippen LogP contribution is 2.15. The van der Waals surface area contributed by atoms with E-state index in [2.05, 4.69) is 4.72 Å². The Morgan fingerprint density at radius 3 is 2.36 bits per heavy atom. The quantitative estimate of drug-likeness (QED) is 0.609. The van der Waals surface area contributed by atoms with Crippen molar-refractivity contribution >= 4 is 28.7 Å². The molecule has 0 aliphatic rings. The van der Waals surface area contributed by atoms with Gasteiger partial charge in [0.25, 0.3) is 0 Å². The molecule has 0 saturated carbocycles. The molecule has 2 unspecified atom stereocenters. The first-order valence-corrected chi connectivity index (χ1v) is 8.73. The fraction of sp³-hybridized carbons (Fsp3) is 0.167. The lowest BCUT2D eigenvalue weighted by molar-refractivity contribution is -0.167. The van der Waals surface area contributed by atoms with Crippen molar-refractivity contribution in [2.45, 2.75) is 24.8 Å². The third-order valence-electron chi connectivity index (χ3n) is 3.42. The van der Waals surface area contributed by atoms with E-state index in [0.717, 1.165) is 5.56 Å². The smallest absolute Gasteiger partial charge is 0.243 e. The van der Waals surface area contributed by atoms with Gasteiger partial charge in [-0.25, -0.2) is 13.7 Å². The lowest BCUT2D eigenvalue weighted by Gasteiger charge is -2.17. The zero-order chi connectivity index (χ0) is 18.4. The second-order valence-electron chi connectivity index (χ2n) is 5.41. The first-order valence-electron chi connectivity index (χ1n) is 7.58. The Balaban J connectivity index is 2.00. The minimum atomic E-state index is -1.46. The van der Waals surface area contributed by atoms with Crippen molar-refractivity contribution in [1.82, 2.24) is 5.06 Å². The molecule has 0 heterocycles. The summed E-state index contributed by atoms with van der Waals surface area (Å²) in [6.45, 7) is 2.97. The summed E-state index contributed by atoms with van der Waals surface area (Å²) >= 11 is 0. The highest BCUT2D eigenvalue weighted by Gasteiger charge is 2.10. The molecule has 0 aliphatic heterocycles. The van der Waals surface area contributed by atoms with Gasteiger partial charge in [-0.3, -0.25) is 10.0 Å². The number of carbonyl (C=O) groups excluding carboxylic acids is 1. The van der Waals surface area contributed by atoms with Crippen molar-refractivity contribution in [1.29, 1.82) is 0 Å². The van der Waals surface area contributed by atoms with Crippen LogP contribution in [0.4, 0.5) is 10.1 Å². The van der Waals surface area contributed by atoms with Gasteiger partial charge in [-0.05, 0) is 48.9 Å². The third kappa shape index (κ3) is 5.51. The van der Waals surface area contributed by atoms with Crippen molar-refractivity contribution in [3.05, 3.63) is 66.0 Å². The van der Waals surface area contributed by atoms with Gasteiger partial charge >= 0.3 is 0 Å². The summed E-state index contributed by atoms with van der Waals surface area (Å²) in [7, 11) is -1.46. The topological polar surface area (TPSA) is 69.6 Å². The Kier molecular flexibility index (Phi) is 6.44. The molecule has 0 radical (unpaired) electrons. The minimum absolute atomic E-state index is 0.354. The number of benzene rings is 2. The second kappa shape index (κ2) is 8.55. The van der Waals surface area contributed by atoms with Gasteiger partial charge in [-0.1, -0.05) is 24.3 Å². The zero-order valence-electron chi connectivity index (χ0n) is 13.8. The van der Waals surface area contributed by atoms with E-state index < -0.39 is 22.9 Å². The fourth-order valence-electron chi connectivity index (χ4n) is 2.01. The average molecular weight is 362 g/mol. The largest absolute Gasteiger partial charge is 0.301 e. The van der Waals surface area contributed by atoms with Crippen molar-refractivity contribution in [2.75, 3.05) is 4.72 Å². The Morgan fingerprint density at radius 2 is 1.80 bits per heavy atom. The van der Waals surface area contributed by atoms with Gasteiger partial charge < -0.3 is 4.72 Å². The van der Waals surface area contributed by atoms with Crippen molar-refractivity contribution in [3.63, 3.8) is 0 Å². The summed E-state index contributed by atoms with van der Waals surface area (Å²) in [5.74, 6) is -0.789. The number of carbonyl (C=O) groups is 1. The van der Waals surface area contributed by atoms with E-state index in [1.54, 1.807) is 43.3 Å². The molecule has 2 atom stereocenters. The Labute approximate surface area is 148 Å². The molecule has 0 bridgehead atoms. The second-order valence-corrected chi connectivity index (χ2v) is 6.62. The van der Waals surface area contributed by atoms with Crippen molar-refractivity contribution in [2.24, 2.45) is 0 Å². The van der Waals surface area contributed by atoms with Crippen molar-refractivity contribution < 1.29 is 18.6 Å². The van der Waals surface area contributed by atoms with Gasteiger partial charge in [0.1, 0.15) is 16.8 Å². The van der Waals surface area contributed by atoms with E-state index in [1.807, 2.05) is 0 Å². The van der Waals surface area contributed by atoms with E-state index in [9.17, 15) is 18.6 Å². The zero-order valence-corrected chi connectivity index (χ0v) is 14.7. The summed E-state index contributed by atoms with van der Waals surface area (Å²) in [5, 5.41) is 10.2. The monoisotopic (exact) mass is 362 g/mol. The van der Waals surface area contributed by atoms with Crippen LogP contribution in [0.25, 0.3) is 6.08 Å². The molecular formula is C18H19FN2O3S. The molecule has 7 heteroatoms. The Morgan fingerprint density at radius 1 is 1.20 bits per heavy atom. The lowest BCUT2D eigenvalue weighted by Crippen LogP contribution is -2.32. The molecule has 2 aromatic rings. The molecule has 2 N–H and O–H groups in total. The standard InChI is InChI=1S/C18H19FN2O3S/c1-13(21(23)14(2)22)3-4-15-5-11-18(12-6-15)25(24)20-17-9-7-16(19)8-10-17/h3-13,20,23H,1-2H3/b4-3+. The fourth-order valence-corrected chi connectivity index (χ4v) is 2.86. The molecule has 0 aliphatic carbocycles. The van der Waals surface area contributed by atoms with Gasteiger partial charge in [0.15, 0.2) is 0 Å². The number of nitrogens with one attached hydrogen (secondary N) is 1.